The predicted molar refractivity (Wildman–Crippen MR) is 149 cm³/mol. The number of methoxy groups -OCH3 is 1. The van der Waals surface area contributed by atoms with Crippen LogP contribution in [0.1, 0.15) is 61.3 Å². The Labute approximate surface area is 214 Å². The van der Waals surface area contributed by atoms with Gasteiger partial charge in [0.1, 0.15) is 0 Å². The number of esters is 1. The molecule has 190 valence electrons. The van der Waals surface area contributed by atoms with Gasteiger partial charge in [-0.1, -0.05) is 115 Å². The first kappa shape index (κ1) is 27.4. The van der Waals surface area contributed by atoms with E-state index in [9.17, 15) is 4.79 Å². The lowest BCUT2D eigenvalue weighted by atomic mass is 9.60. The van der Waals surface area contributed by atoms with Crippen LogP contribution in [0.5, 0.6) is 0 Å². The molecular weight excluding hydrogens is 448 g/mol. The number of allylic oxidation sites excluding steroid dienone is 1. The van der Waals surface area contributed by atoms with Crippen molar-refractivity contribution in [3.8, 4) is 0 Å². The molecule has 0 saturated heterocycles. The number of hydrogen-bond acceptors (Lipinski definition) is 3. The molecule has 35 heavy (non-hydrogen) atoms. The zero-order valence-corrected chi connectivity index (χ0v) is 23.9. The van der Waals surface area contributed by atoms with Crippen molar-refractivity contribution < 1.29 is 14.0 Å². The lowest BCUT2D eigenvalue weighted by molar-refractivity contribution is -0.134. The first-order valence-electron chi connectivity index (χ1n) is 12.9. The minimum atomic E-state index is -2.56. The van der Waals surface area contributed by atoms with E-state index in [1.165, 1.54) is 17.5 Å². The number of carbonyl (C=O) groups excluding carboxylic acids is 1. The van der Waals surface area contributed by atoms with E-state index in [0.29, 0.717) is 5.92 Å². The summed E-state index contributed by atoms with van der Waals surface area (Å²) in [6, 6.07) is 21.8. The number of carbonyl (C=O) groups is 1. The van der Waals surface area contributed by atoms with Crippen molar-refractivity contribution in [2.45, 2.75) is 66.3 Å². The SMILES string of the molecule is COC(=O)/C=C/C(C)[C@@]1(C)CC[C@@H](CO[Si](c2ccccc2)(c2ccccc2)C(C)(C)C)C1(C)C. The molecule has 1 saturated carbocycles. The Balaban J connectivity index is 1.95. The molecule has 1 aliphatic rings. The van der Waals surface area contributed by atoms with Gasteiger partial charge in [-0.3, -0.25) is 0 Å². The number of benzene rings is 2. The van der Waals surface area contributed by atoms with Gasteiger partial charge in [-0.2, -0.15) is 0 Å². The average molecular weight is 493 g/mol. The smallest absolute Gasteiger partial charge is 0.330 e. The summed E-state index contributed by atoms with van der Waals surface area (Å²) >= 11 is 0. The number of hydrogen-bond donors (Lipinski definition) is 0. The lowest BCUT2D eigenvalue weighted by Crippen LogP contribution is -2.67. The van der Waals surface area contributed by atoms with Crippen molar-refractivity contribution in [3.63, 3.8) is 0 Å². The highest BCUT2D eigenvalue weighted by Gasteiger charge is 2.55. The van der Waals surface area contributed by atoms with Crippen molar-refractivity contribution in [2.24, 2.45) is 22.7 Å². The van der Waals surface area contributed by atoms with Gasteiger partial charge in [-0.25, -0.2) is 4.79 Å². The van der Waals surface area contributed by atoms with Crippen molar-refractivity contribution in [3.05, 3.63) is 72.8 Å². The van der Waals surface area contributed by atoms with Crippen LogP contribution < -0.4 is 10.4 Å². The van der Waals surface area contributed by atoms with Crippen molar-refractivity contribution >= 4 is 24.7 Å². The number of ether oxygens (including phenoxy) is 1. The van der Waals surface area contributed by atoms with Crippen molar-refractivity contribution in [2.75, 3.05) is 13.7 Å². The van der Waals surface area contributed by atoms with Crippen LogP contribution >= 0.6 is 0 Å². The highest BCUT2D eigenvalue weighted by molar-refractivity contribution is 6.99. The van der Waals surface area contributed by atoms with Gasteiger partial charge in [0.15, 0.2) is 0 Å². The molecule has 0 aromatic heterocycles. The first-order valence-corrected chi connectivity index (χ1v) is 14.8. The second-order valence-electron chi connectivity index (χ2n) is 12.0. The van der Waals surface area contributed by atoms with E-state index in [-0.39, 0.29) is 27.8 Å². The van der Waals surface area contributed by atoms with Gasteiger partial charge in [0, 0.05) is 12.7 Å². The molecule has 2 aromatic carbocycles. The molecule has 0 spiro atoms. The van der Waals surface area contributed by atoms with Gasteiger partial charge < -0.3 is 9.16 Å². The Bertz CT molecular complexity index is 967. The van der Waals surface area contributed by atoms with E-state index in [2.05, 4.69) is 109 Å². The fraction of sp³-hybridized carbons (Fsp3) is 0.516. The topological polar surface area (TPSA) is 35.5 Å². The molecule has 0 amide bonds. The second kappa shape index (κ2) is 10.4. The third-order valence-corrected chi connectivity index (χ3v) is 14.2. The van der Waals surface area contributed by atoms with Crippen LogP contribution in [0.15, 0.2) is 72.8 Å². The maximum absolute atomic E-state index is 11.7. The predicted octanol–water partition coefficient (Wildman–Crippen LogP) is 6.37. The van der Waals surface area contributed by atoms with E-state index >= 15 is 0 Å². The fourth-order valence-electron chi connectivity index (χ4n) is 6.22. The zero-order chi connectivity index (χ0) is 25.9. The Morgan fingerprint density at radius 3 is 2.00 bits per heavy atom. The summed E-state index contributed by atoms with van der Waals surface area (Å²) in [4.78, 5) is 11.7. The molecule has 0 heterocycles. The first-order chi connectivity index (χ1) is 16.4. The standard InChI is InChI=1S/C31H44O3Si/c1-24(19-20-28(32)33-8)31(7)22-21-25(30(31,5)6)23-34-35(29(2,3)4,26-15-11-9-12-16-26)27-17-13-10-14-18-27/h9-20,24-25H,21-23H2,1-8H3/b20-19+/t24?,25-,31+/m0/s1. The lowest BCUT2D eigenvalue weighted by Gasteiger charge is -2.47. The molecule has 0 aliphatic heterocycles. The van der Waals surface area contributed by atoms with Crippen molar-refractivity contribution in [1.82, 2.24) is 0 Å². The van der Waals surface area contributed by atoms with Crippen LogP contribution in [-0.4, -0.2) is 28.0 Å². The Kier molecular flexibility index (Phi) is 8.18. The van der Waals surface area contributed by atoms with Crippen LogP contribution in [0.25, 0.3) is 0 Å². The fourth-order valence-corrected chi connectivity index (χ4v) is 10.8. The summed E-state index contributed by atoms with van der Waals surface area (Å²) in [5, 5.41) is 2.62. The Morgan fingerprint density at radius 1 is 1.03 bits per heavy atom. The second-order valence-corrected chi connectivity index (χ2v) is 16.3. The molecule has 4 heteroatoms. The van der Waals surface area contributed by atoms with Gasteiger partial charge in [-0.15, -0.1) is 0 Å². The van der Waals surface area contributed by atoms with Gasteiger partial charge >= 0.3 is 5.97 Å². The van der Waals surface area contributed by atoms with Gasteiger partial charge in [-0.05, 0) is 50.9 Å². The van der Waals surface area contributed by atoms with Gasteiger partial charge in [0.05, 0.1) is 7.11 Å². The quantitative estimate of drug-likeness (QED) is 0.244. The summed E-state index contributed by atoms with van der Waals surface area (Å²) < 4.78 is 12.1. The van der Waals surface area contributed by atoms with E-state index < -0.39 is 8.32 Å². The molecule has 2 aromatic rings. The molecule has 1 aliphatic carbocycles. The van der Waals surface area contributed by atoms with Crippen molar-refractivity contribution in [1.29, 1.82) is 0 Å². The summed E-state index contributed by atoms with van der Waals surface area (Å²) in [5.41, 5.74) is 0.120. The van der Waals surface area contributed by atoms with Crippen LogP contribution in [0.4, 0.5) is 0 Å². The Hall–Kier alpha value is -2.17. The maximum atomic E-state index is 11.7. The van der Waals surface area contributed by atoms with Crippen LogP contribution in [0.3, 0.4) is 0 Å². The summed E-state index contributed by atoms with van der Waals surface area (Å²) in [6.07, 6.45) is 5.84. The summed E-state index contributed by atoms with van der Waals surface area (Å²) in [7, 11) is -1.14. The average Bonchev–Trinajstić information content (AvgIpc) is 3.07. The normalized spacial score (nSPS) is 23.4. The number of rotatable bonds is 8. The molecule has 0 radical (unpaired) electrons. The van der Waals surface area contributed by atoms with E-state index in [1.807, 2.05) is 6.08 Å². The third kappa shape index (κ3) is 5.06. The minimum Gasteiger partial charge on any atom is -0.466 e. The largest absolute Gasteiger partial charge is 0.466 e. The molecule has 0 N–H and O–H groups in total. The van der Waals surface area contributed by atoms with Gasteiger partial charge in [0.2, 0.25) is 0 Å². The summed E-state index contributed by atoms with van der Waals surface area (Å²) in [5.74, 6) is 0.403. The highest BCUT2D eigenvalue weighted by atomic mass is 28.4. The molecular formula is C31H44O3Si. The van der Waals surface area contributed by atoms with E-state index in [0.717, 1.165) is 19.4 Å². The molecule has 3 atom stereocenters. The van der Waals surface area contributed by atoms with Crippen LogP contribution in [-0.2, 0) is 14.0 Å². The van der Waals surface area contributed by atoms with Gasteiger partial charge in [0.25, 0.3) is 8.32 Å². The molecule has 0 bridgehead atoms. The van der Waals surface area contributed by atoms with Crippen LogP contribution in [0.2, 0.25) is 5.04 Å². The zero-order valence-electron chi connectivity index (χ0n) is 22.9. The molecule has 1 fully saturated rings. The molecule has 3 rings (SSSR count). The van der Waals surface area contributed by atoms with E-state index in [1.54, 1.807) is 6.08 Å². The maximum Gasteiger partial charge on any atom is 0.330 e. The third-order valence-electron chi connectivity index (χ3n) is 9.15. The molecule has 1 unspecified atom stereocenters. The van der Waals surface area contributed by atoms with E-state index in [4.69, 9.17) is 9.16 Å². The summed E-state index contributed by atoms with van der Waals surface area (Å²) in [6.45, 7) is 17.1. The minimum absolute atomic E-state index is 0.0295. The molecule has 3 nitrogen and oxygen atoms in total. The monoisotopic (exact) mass is 492 g/mol. The van der Waals surface area contributed by atoms with Crippen LogP contribution in [0, 0.1) is 22.7 Å². The Morgan fingerprint density at radius 2 is 1.54 bits per heavy atom. The highest BCUT2D eigenvalue weighted by Crippen LogP contribution is 2.60.